The van der Waals surface area contributed by atoms with E-state index in [-0.39, 0.29) is 0 Å². The molecule has 1 heterocycles. The Kier molecular flexibility index (Phi) is 3.07. The molecular weight excluding hydrogens is 244 g/mol. The van der Waals surface area contributed by atoms with Gasteiger partial charge in [0, 0.05) is 13.2 Å². The maximum atomic E-state index is 5.90. The van der Waals surface area contributed by atoms with E-state index >= 15 is 0 Å². The number of fused-ring (bicyclic) bond motifs is 5. The topological polar surface area (TPSA) is 9.23 Å². The van der Waals surface area contributed by atoms with Crippen molar-refractivity contribution in [2.75, 3.05) is 13.2 Å². The van der Waals surface area contributed by atoms with Gasteiger partial charge in [-0.2, -0.15) is 0 Å². The van der Waals surface area contributed by atoms with Gasteiger partial charge in [-0.15, -0.1) is 0 Å². The summed E-state index contributed by atoms with van der Waals surface area (Å²) < 4.78 is 5.90. The summed E-state index contributed by atoms with van der Waals surface area (Å²) in [5.41, 5.74) is 1.11. The van der Waals surface area contributed by atoms with Gasteiger partial charge in [0.25, 0.3) is 0 Å². The fourth-order valence-corrected chi connectivity index (χ4v) is 6.46. The molecule has 6 atom stereocenters. The average molecular weight is 274 g/mol. The molecular formula is C19H30O. The zero-order chi connectivity index (χ0) is 13.8. The normalized spacial score (nSPS) is 54.7. The summed E-state index contributed by atoms with van der Waals surface area (Å²) in [7, 11) is 0. The minimum atomic E-state index is 0.533. The lowest BCUT2D eigenvalue weighted by Gasteiger charge is -2.58. The minimum Gasteiger partial charge on any atom is -0.381 e. The highest BCUT2D eigenvalue weighted by molar-refractivity contribution is 5.15. The number of hydrogen-bond donors (Lipinski definition) is 0. The molecule has 1 aliphatic heterocycles. The van der Waals surface area contributed by atoms with Crippen molar-refractivity contribution in [1.82, 2.24) is 0 Å². The molecule has 0 aromatic heterocycles. The van der Waals surface area contributed by atoms with Crippen LogP contribution in [0.2, 0.25) is 0 Å². The van der Waals surface area contributed by atoms with E-state index in [1.165, 1.54) is 44.9 Å². The molecule has 1 saturated heterocycles. The van der Waals surface area contributed by atoms with E-state index < -0.39 is 0 Å². The molecule has 0 amide bonds. The van der Waals surface area contributed by atoms with E-state index in [1.807, 2.05) is 0 Å². The average Bonchev–Trinajstić information content (AvgIpc) is 2.71. The molecule has 4 rings (SSSR count). The SMILES string of the molecule is CC12C=CCC1C1CCC3COCCCC3(C)C1CC2. The third kappa shape index (κ3) is 1.78. The van der Waals surface area contributed by atoms with Gasteiger partial charge in [-0.25, -0.2) is 0 Å². The molecule has 20 heavy (non-hydrogen) atoms. The van der Waals surface area contributed by atoms with Gasteiger partial charge in [0.15, 0.2) is 0 Å². The maximum absolute atomic E-state index is 5.90. The molecule has 6 unspecified atom stereocenters. The van der Waals surface area contributed by atoms with Crippen LogP contribution in [0, 0.1) is 34.5 Å². The van der Waals surface area contributed by atoms with Crippen molar-refractivity contribution in [3.8, 4) is 0 Å². The Morgan fingerprint density at radius 1 is 1.05 bits per heavy atom. The maximum Gasteiger partial charge on any atom is 0.0499 e. The molecule has 0 bridgehead atoms. The summed E-state index contributed by atoms with van der Waals surface area (Å²) in [6, 6.07) is 0. The second-order valence-corrected chi connectivity index (χ2v) is 8.52. The Morgan fingerprint density at radius 3 is 2.85 bits per heavy atom. The quantitative estimate of drug-likeness (QED) is 0.575. The predicted octanol–water partition coefficient (Wildman–Crippen LogP) is 4.82. The smallest absolute Gasteiger partial charge is 0.0499 e. The van der Waals surface area contributed by atoms with Crippen molar-refractivity contribution < 1.29 is 4.74 Å². The second kappa shape index (κ2) is 4.60. The molecule has 0 radical (unpaired) electrons. The number of rotatable bonds is 0. The van der Waals surface area contributed by atoms with Crippen LogP contribution in [0.5, 0.6) is 0 Å². The van der Waals surface area contributed by atoms with Gasteiger partial charge < -0.3 is 4.74 Å². The van der Waals surface area contributed by atoms with E-state index in [0.29, 0.717) is 10.8 Å². The summed E-state index contributed by atoms with van der Waals surface area (Å²) >= 11 is 0. The Hall–Kier alpha value is -0.300. The zero-order valence-electron chi connectivity index (χ0n) is 13.2. The molecule has 0 N–H and O–H groups in total. The van der Waals surface area contributed by atoms with Gasteiger partial charge in [0.2, 0.25) is 0 Å². The highest BCUT2D eigenvalue weighted by Crippen LogP contribution is 2.63. The van der Waals surface area contributed by atoms with Crippen molar-refractivity contribution in [1.29, 1.82) is 0 Å². The van der Waals surface area contributed by atoms with Crippen LogP contribution in [-0.2, 0) is 4.74 Å². The van der Waals surface area contributed by atoms with E-state index in [1.54, 1.807) is 0 Å². The lowest BCUT2D eigenvalue weighted by atomic mass is 9.47. The summed E-state index contributed by atoms with van der Waals surface area (Å²) in [6.07, 6.45) is 14.9. The zero-order valence-corrected chi connectivity index (χ0v) is 13.2. The summed E-state index contributed by atoms with van der Waals surface area (Å²) in [5.74, 6) is 3.75. The first-order valence-electron chi connectivity index (χ1n) is 8.89. The predicted molar refractivity (Wildman–Crippen MR) is 82.5 cm³/mol. The number of ether oxygens (including phenoxy) is 1. The highest BCUT2D eigenvalue weighted by atomic mass is 16.5. The van der Waals surface area contributed by atoms with Crippen molar-refractivity contribution in [3.05, 3.63) is 12.2 Å². The second-order valence-electron chi connectivity index (χ2n) is 8.52. The van der Waals surface area contributed by atoms with Crippen LogP contribution >= 0.6 is 0 Å². The lowest BCUT2D eigenvalue weighted by molar-refractivity contribution is -0.0901. The van der Waals surface area contributed by atoms with Crippen molar-refractivity contribution >= 4 is 0 Å². The summed E-state index contributed by atoms with van der Waals surface area (Å²) in [5, 5.41) is 0. The van der Waals surface area contributed by atoms with Gasteiger partial charge in [-0.05, 0) is 79.4 Å². The monoisotopic (exact) mass is 274 g/mol. The lowest BCUT2D eigenvalue weighted by Crippen LogP contribution is -2.51. The Balaban J connectivity index is 1.64. The summed E-state index contributed by atoms with van der Waals surface area (Å²) in [4.78, 5) is 0. The van der Waals surface area contributed by atoms with Crippen molar-refractivity contribution in [3.63, 3.8) is 0 Å². The van der Waals surface area contributed by atoms with E-state index in [4.69, 9.17) is 4.74 Å². The Bertz CT molecular complexity index is 414. The molecule has 0 aromatic rings. The summed E-state index contributed by atoms with van der Waals surface area (Å²) in [6.45, 7) is 7.20. The van der Waals surface area contributed by atoms with E-state index in [9.17, 15) is 0 Å². The first-order chi connectivity index (χ1) is 9.63. The van der Waals surface area contributed by atoms with Gasteiger partial charge in [-0.3, -0.25) is 0 Å². The molecule has 1 nitrogen and oxygen atoms in total. The number of allylic oxidation sites excluding steroid dienone is 2. The van der Waals surface area contributed by atoms with Crippen LogP contribution in [-0.4, -0.2) is 13.2 Å². The molecule has 112 valence electrons. The molecule has 2 saturated carbocycles. The first kappa shape index (κ1) is 13.4. The van der Waals surface area contributed by atoms with Gasteiger partial charge in [-0.1, -0.05) is 26.0 Å². The van der Waals surface area contributed by atoms with E-state index in [0.717, 1.165) is 36.9 Å². The fourth-order valence-electron chi connectivity index (χ4n) is 6.46. The number of hydrogen-bond acceptors (Lipinski definition) is 1. The van der Waals surface area contributed by atoms with Crippen LogP contribution in [0.3, 0.4) is 0 Å². The van der Waals surface area contributed by atoms with Crippen LogP contribution in [0.1, 0.15) is 58.8 Å². The molecule has 4 aliphatic rings. The van der Waals surface area contributed by atoms with Gasteiger partial charge in [0.05, 0.1) is 0 Å². The fraction of sp³-hybridized carbons (Fsp3) is 0.895. The molecule has 3 fully saturated rings. The highest BCUT2D eigenvalue weighted by Gasteiger charge is 2.55. The van der Waals surface area contributed by atoms with Crippen LogP contribution < -0.4 is 0 Å². The van der Waals surface area contributed by atoms with E-state index in [2.05, 4.69) is 26.0 Å². The van der Waals surface area contributed by atoms with Crippen LogP contribution in [0.25, 0.3) is 0 Å². The standard InChI is InChI=1S/C19H30O/c1-18-9-3-5-16(18)15-7-6-14-13-20-12-4-10-19(14,2)17(15)8-11-18/h3,9,14-17H,4-8,10-13H2,1-2H3. The molecule has 1 heteroatoms. The largest absolute Gasteiger partial charge is 0.381 e. The third-order valence-electron chi connectivity index (χ3n) is 7.71. The third-order valence-corrected chi connectivity index (χ3v) is 7.71. The van der Waals surface area contributed by atoms with Crippen molar-refractivity contribution in [2.24, 2.45) is 34.5 Å². The van der Waals surface area contributed by atoms with Crippen LogP contribution in [0.15, 0.2) is 12.2 Å². The van der Waals surface area contributed by atoms with Crippen LogP contribution in [0.4, 0.5) is 0 Å². The van der Waals surface area contributed by atoms with Gasteiger partial charge in [0.1, 0.15) is 0 Å². The Morgan fingerprint density at radius 2 is 1.95 bits per heavy atom. The molecule has 0 aromatic carbocycles. The first-order valence-corrected chi connectivity index (χ1v) is 8.89. The van der Waals surface area contributed by atoms with Crippen molar-refractivity contribution in [2.45, 2.75) is 58.8 Å². The minimum absolute atomic E-state index is 0.533. The van der Waals surface area contributed by atoms with Gasteiger partial charge >= 0.3 is 0 Å². The molecule has 3 aliphatic carbocycles. The Labute approximate surface area is 124 Å². The molecule has 0 spiro atoms.